The topological polar surface area (TPSA) is 250 Å². The molecule has 0 saturated carbocycles. The highest BCUT2D eigenvalue weighted by Crippen LogP contribution is 2.38. The summed E-state index contributed by atoms with van der Waals surface area (Å²) in [4.78, 5) is 63.3. The normalized spacial score (nSPS) is 13.9. The molecule has 1 saturated heterocycles. The Morgan fingerprint density at radius 1 is 0.857 bits per heavy atom. The lowest BCUT2D eigenvalue weighted by Gasteiger charge is -2.29. The minimum atomic E-state index is -1.33. The largest absolute Gasteiger partial charge is 0.509 e. The van der Waals surface area contributed by atoms with Crippen molar-refractivity contribution in [1.82, 2.24) is 30.8 Å². The molecule has 70 heavy (non-hydrogen) atoms. The van der Waals surface area contributed by atoms with Gasteiger partial charge in [-0.1, -0.05) is 37.6 Å². The highest BCUT2D eigenvalue weighted by Gasteiger charge is 2.29. The molecule has 5 N–H and O–H groups in total. The van der Waals surface area contributed by atoms with E-state index in [9.17, 15) is 19.2 Å². The average Bonchev–Trinajstić information content (AvgIpc) is 3.36. The average molecular weight is 990 g/mol. The molecular weight excluding hydrogens is 933 g/mol. The summed E-state index contributed by atoms with van der Waals surface area (Å²) < 4.78 is 53.8. The molecule has 5 aromatic rings. The number of methoxy groups -OCH3 is 1. The van der Waals surface area contributed by atoms with Gasteiger partial charge in [-0.05, 0) is 66.9 Å². The maximum atomic E-state index is 15.9. The van der Waals surface area contributed by atoms with Gasteiger partial charge in [-0.25, -0.2) is 19.2 Å². The number of nitrogens with zero attached hydrogens (tertiary/aromatic N) is 5. The second-order valence-corrected chi connectivity index (χ2v) is 16.6. The minimum Gasteiger partial charge on any atom is -0.480 e. The summed E-state index contributed by atoms with van der Waals surface area (Å²) in [6, 6.07) is 15.8. The van der Waals surface area contributed by atoms with Crippen LogP contribution in [0, 0.1) is 11.7 Å². The van der Waals surface area contributed by atoms with Gasteiger partial charge in [0, 0.05) is 53.6 Å². The fourth-order valence-electron chi connectivity index (χ4n) is 7.10. The SMILES string of the molecule is COc1ccc([C@@H](OC(=O)OCc2ccc(NC(=O)[C@H](C)NC(=O)[C@@H](NC(=O)COCCOCCOCCN)C(C)C)cc2)c2cc(-c3ncnc4cc(N5CCOCC5)ccc34)c(F)cc2Cl)nn1. The Morgan fingerprint density at radius 2 is 1.59 bits per heavy atom. The van der Waals surface area contributed by atoms with Crippen LogP contribution >= 0.6 is 11.6 Å². The highest BCUT2D eigenvalue weighted by molar-refractivity contribution is 6.31. The second kappa shape index (κ2) is 26.4. The number of hydrogen-bond donors (Lipinski definition) is 4. The third kappa shape index (κ3) is 14.9. The molecule has 0 aliphatic carbocycles. The highest BCUT2D eigenvalue weighted by atomic mass is 35.5. The summed E-state index contributed by atoms with van der Waals surface area (Å²) >= 11 is 6.68. The number of nitrogens with one attached hydrogen (secondary N) is 3. The number of morpholine rings is 1. The van der Waals surface area contributed by atoms with Crippen LogP contribution in [0.2, 0.25) is 5.02 Å². The van der Waals surface area contributed by atoms with E-state index in [1.807, 2.05) is 18.2 Å². The van der Waals surface area contributed by atoms with Crippen LogP contribution in [0.4, 0.5) is 20.6 Å². The Labute approximate surface area is 409 Å². The molecule has 22 heteroatoms. The summed E-state index contributed by atoms with van der Waals surface area (Å²) in [5.41, 5.74) is 8.51. The lowest BCUT2D eigenvalue weighted by Crippen LogP contribution is -2.54. The number of carbonyl (C=O) groups is 4. The fourth-order valence-corrected chi connectivity index (χ4v) is 7.35. The van der Waals surface area contributed by atoms with E-state index in [1.165, 1.54) is 38.6 Å². The molecule has 6 rings (SSSR count). The number of benzene rings is 3. The van der Waals surface area contributed by atoms with Gasteiger partial charge in [0.25, 0.3) is 0 Å². The van der Waals surface area contributed by atoms with Gasteiger partial charge < -0.3 is 59.7 Å². The Hall–Kier alpha value is -6.62. The van der Waals surface area contributed by atoms with Crippen LogP contribution in [-0.4, -0.2) is 136 Å². The Balaban J connectivity index is 1.05. The van der Waals surface area contributed by atoms with Crippen LogP contribution in [0.3, 0.4) is 0 Å². The van der Waals surface area contributed by atoms with Crippen molar-refractivity contribution in [3.8, 4) is 17.1 Å². The van der Waals surface area contributed by atoms with Gasteiger partial charge in [0.05, 0.1) is 69.6 Å². The van der Waals surface area contributed by atoms with Crippen LogP contribution in [-0.2, 0) is 49.4 Å². The molecule has 0 unspecified atom stereocenters. The van der Waals surface area contributed by atoms with Crippen LogP contribution in [0.25, 0.3) is 22.2 Å². The molecule has 3 heterocycles. The summed E-state index contributed by atoms with van der Waals surface area (Å²) in [5, 5.41) is 16.8. The molecule has 2 aromatic heterocycles. The van der Waals surface area contributed by atoms with E-state index in [2.05, 4.69) is 41.0 Å². The van der Waals surface area contributed by atoms with Crippen LogP contribution in [0.15, 0.2) is 73.1 Å². The van der Waals surface area contributed by atoms with Crippen molar-refractivity contribution in [3.63, 3.8) is 0 Å². The van der Waals surface area contributed by atoms with E-state index in [4.69, 9.17) is 50.5 Å². The van der Waals surface area contributed by atoms with Gasteiger partial charge >= 0.3 is 6.16 Å². The Bertz CT molecular complexity index is 2540. The van der Waals surface area contributed by atoms with Crippen molar-refractivity contribution in [2.24, 2.45) is 11.7 Å². The molecular formula is C48H57ClFN9O11. The zero-order valence-electron chi connectivity index (χ0n) is 39.3. The molecule has 3 atom stereocenters. The molecule has 20 nitrogen and oxygen atoms in total. The van der Waals surface area contributed by atoms with Gasteiger partial charge in [-0.3, -0.25) is 14.4 Å². The van der Waals surface area contributed by atoms with Crippen molar-refractivity contribution in [1.29, 1.82) is 0 Å². The standard InChI is InChI=1S/C48H57ClFN9O11/c1-29(2)43(56-41(60)27-68-22-21-67-20-19-65-16-13-51)47(62)54-30(3)46(61)55-32-7-5-31(6-8-32)26-69-48(63)70-45(39-11-12-42(64-4)58-57-39)35-24-36(38(50)25-37(35)49)44-34-10-9-33(23-40(34)52-28-53-44)59-14-17-66-18-15-59/h5-12,23-25,28-30,43,45H,13-22,26-27,51H2,1-4H3,(H,54,62)(H,55,61)(H,56,60)/t30-,43-,45-/m0/s1. The summed E-state index contributed by atoms with van der Waals surface area (Å²) in [6.07, 6.45) is -1.08. The first kappa shape index (κ1) is 52.7. The van der Waals surface area contributed by atoms with E-state index >= 15 is 4.39 Å². The first-order valence-corrected chi connectivity index (χ1v) is 22.9. The van der Waals surface area contributed by atoms with Crippen LogP contribution in [0.5, 0.6) is 5.88 Å². The molecule has 0 radical (unpaired) electrons. The van der Waals surface area contributed by atoms with E-state index < -0.39 is 47.9 Å². The molecule has 1 aliphatic rings. The first-order valence-electron chi connectivity index (χ1n) is 22.6. The van der Waals surface area contributed by atoms with Gasteiger partial charge in [0.1, 0.15) is 43.1 Å². The number of aromatic nitrogens is 4. The smallest absolute Gasteiger partial charge is 0.480 e. The number of hydrogen-bond acceptors (Lipinski definition) is 17. The van der Waals surface area contributed by atoms with Gasteiger partial charge in [0.2, 0.25) is 23.6 Å². The van der Waals surface area contributed by atoms with Crippen molar-refractivity contribution in [2.75, 3.05) is 89.8 Å². The third-order valence-corrected chi connectivity index (χ3v) is 11.1. The van der Waals surface area contributed by atoms with Crippen molar-refractivity contribution in [3.05, 3.63) is 101 Å². The quantitative estimate of drug-likeness (QED) is 0.0481. The van der Waals surface area contributed by atoms with E-state index in [1.54, 1.807) is 38.1 Å². The molecule has 1 aliphatic heterocycles. The molecule has 1 fully saturated rings. The molecule has 3 aromatic carbocycles. The monoisotopic (exact) mass is 989 g/mol. The third-order valence-electron chi connectivity index (χ3n) is 10.8. The van der Waals surface area contributed by atoms with Crippen molar-refractivity contribution in [2.45, 2.75) is 45.6 Å². The molecule has 3 amide bonds. The molecule has 374 valence electrons. The van der Waals surface area contributed by atoms with Crippen LogP contribution < -0.4 is 31.3 Å². The number of amides is 3. The zero-order valence-corrected chi connectivity index (χ0v) is 40.0. The summed E-state index contributed by atoms with van der Waals surface area (Å²) in [6.45, 7) is 9.23. The number of ether oxygens (including phenoxy) is 7. The number of rotatable bonds is 24. The second-order valence-electron chi connectivity index (χ2n) is 16.2. The van der Waals surface area contributed by atoms with Gasteiger partial charge in [0.15, 0.2) is 6.10 Å². The van der Waals surface area contributed by atoms with Gasteiger partial charge in [-0.15, -0.1) is 10.2 Å². The number of nitrogens with two attached hydrogens (primary N) is 1. The van der Waals surface area contributed by atoms with E-state index in [0.717, 1.165) is 24.8 Å². The zero-order chi connectivity index (χ0) is 50.0. The maximum Gasteiger partial charge on any atom is 0.509 e. The lowest BCUT2D eigenvalue weighted by molar-refractivity contribution is -0.133. The predicted molar refractivity (Wildman–Crippen MR) is 256 cm³/mol. The van der Waals surface area contributed by atoms with Crippen molar-refractivity contribution < 1.29 is 56.7 Å². The lowest BCUT2D eigenvalue weighted by atomic mass is 9.99. The Kier molecular flexibility index (Phi) is 19.9. The Morgan fingerprint density at radius 3 is 2.27 bits per heavy atom. The van der Waals surface area contributed by atoms with Crippen molar-refractivity contribution >= 4 is 57.8 Å². The molecule has 0 spiro atoms. The number of halogens is 2. The van der Waals surface area contributed by atoms with Gasteiger partial charge in [-0.2, -0.15) is 0 Å². The minimum absolute atomic E-state index is 0.0664. The van der Waals surface area contributed by atoms with E-state index in [-0.39, 0.29) is 65.8 Å². The number of anilines is 2. The molecule has 0 bridgehead atoms. The fraction of sp³-hybridized carbons (Fsp3) is 0.417. The summed E-state index contributed by atoms with van der Waals surface area (Å²) in [7, 11) is 1.42. The van der Waals surface area contributed by atoms with Crippen LogP contribution in [0.1, 0.15) is 43.7 Å². The maximum absolute atomic E-state index is 15.9. The number of fused-ring (bicyclic) bond motifs is 1. The summed E-state index contributed by atoms with van der Waals surface area (Å²) in [5.74, 6) is -2.35. The number of carbonyl (C=O) groups excluding carboxylic acids is 4. The predicted octanol–water partition coefficient (Wildman–Crippen LogP) is 4.76. The van der Waals surface area contributed by atoms with E-state index in [0.29, 0.717) is 61.7 Å². The first-order chi connectivity index (χ1) is 33.8.